The van der Waals surface area contributed by atoms with Crippen LogP contribution in [0.15, 0.2) is 29.2 Å². The molecule has 0 saturated carbocycles. The summed E-state index contributed by atoms with van der Waals surface area (Å²) in [6, 6.07) is 4.71. The summed E-state index contributed by atoms with van der Waals surface area (Å²) in [6.07, 6.45) is -4.60. The predicted octanol–water partition coefficient (Wildman–Crippen LogP) is 2.00. The SMILES string of the molecule is N#CCS(=O)(=O)c1cccc(C(F)(F)F)c1. The van der Waals surface area contributed by atoms with E-state index in [0.717, 1.165) is 18.2 Å². The number of sulfone groups is 1. The molecule has 0 aliphatic rings. The molecule has 86 valence electrons. The molecule has 0 radical (unpaired) electrons. The van der Waals surface area contributed by atoms with Crippen LogP contribution < -0.4 is 0 Å². The van der Waals surface area contributed by atoms with E-state index >= 15 is 0 Å². The molecule has 0 N–H and O–H groups in total. The van der Waals surface area contributed by atoms with Gasteiger partial charge in [-0.3, -0.25) is 0 Å². The molecule has 0 saturated heterocycles. The first-order chi connectivity index (χ1) is 7.27. The second kappa shape index (κ2) is 4.14. The van der Waals surface area contributed by atoms with Crippen molar-refractivity contribution in [3.63, 3.8) is 0 Å². The summed E-state index contributed by atoms with van der Waals surface area (Å²) in [6.45, 7) is 0. The lowest BCUT2D eigenvalue weighted by molar-refractivity contribution is -0.137. The minimum atomic E-state index is -4.60. The molecule has 0 aliphatic heterocycles. The highest BCUT2D eigenvalue weighted by Gasteiger charge is 2.31. The molecular formula is C9H6F3NO2S. The number of nitriles is 1. The lowest BCUT2D eigenvalue weighted by atomic mass is 10.2. The molecule has 1 rings (SSSR count). The fraction of sp³-hybridized carbons (Fsp3) is 0.222. The highest BCUT2D eigenvalue weighted by Crippen LogP contribution is 2.30. The van der Waals surface area contributed by atoms with Gasteiger partial charge in [0.15, 0.2) is 9.84 Å². The van der Waals surface area contributed by atoms with Crippen LogP contribution in [0.1, 0.15) is 5.56 Å². The van der Waals surface area contributed by atoms with Gasteiger partial charge in [-0.2, -0.15) is 18.4 Å². The predicted molar refractivity (Wildman–Crippen MR) is 49.1 cm³/mol. The van der Waals surface area contributed by atoms with Crippen LogP contribution in [0.2, 0.25) is 0 Å². The van der Waals surface area contributed by atoms with Gasteiger partial charge >= 0.3 is 6.18 Å². The number of nitrogens with zero attached hydrogens (tertiary/aromatic N) is 1. The summed E-state index contributed by atoms with van der Waals surface area (Å²) in [4.78, 5) is -0.496. The van der Waals surface area contributed by atoms with Crippen molar-refractivity contribution in [1.29, 1.82) is 5.26 Å². The Bertz CT molecular complexity index is 528. The maximum absolute atomic E-state index is 12.3. The lowest BCUT2D eigenvalue weighted by Crippen LogP contribution is -2.09. The van der Waals surface area contributed by atoms with Gasteiger partial charge in [-0.15, -0.1) is 0 Å². The van der Waals surface area contributed by atoms with Gasteiger partial charge in [0.05, 0.1) is 16.5 Å². The van der Waals surface area contributed by atoms with Crippen molar-refractivity contribution < 1.29 is 21.6 Å². The first-order valence-corrected chi connectivity index (χ1v) is 5.69. The minimum Gasteiger partial charge on any atom is -0.223 e. The van der Waals surface area contributed by atoms with E-state index < -0.39 is 32.2 Å². The smallest absolute Gasteiger partial charge is 0.223 e. The standard InChI is InChI=1S/C9H6F3NO2S/c10-9(11,12)7-2-1-3-8(6-7)16(14,15)5-4-13/h1-3,6H,5H2. The summed E-state index contributed by atoms with van der Waals surface area (Å²) in [5.41, 5.74) is -1.05. The van der Waals surface area contributed by atoms with Gasteiger partial charge in [0.2, 0.25) is 0 Å². The fourth-order valence-corrected chi connectivity index (χ4v) is 1.96. The van der Waals surface area contributed by atoms with Gasteiger partial charge in [-0.05, 0) is 18.2 Å². The number of hydrogen-bond donors (Lipinski definition) is 0. The number of alkyl halides is 3. The number of rotatable bonds is 2. The van der Waals surface area contributed by atoms with Gasteiger partial charge < -0.3 is 0 Å². The van der Waals surface area contributed by atoms with E-state index in [2.05, 4.69) is 0 Å². The summed E-state index contributed by atoms with van der Waals surface area (Å²) < 4.78 is 59.5. The van der Waals surface area contributed by atoms with Gasteiger partial charge in [0.1, 0.15) is 5.75 Å². The van der Waals surface area contributed by atoms with Crippen molar-refractivity contribution in [3.8, 4) is 6.07 Å². The van der Waals surface area contributed by atoms with Gasteiger partial charge in [0.25, 0.3) is 0 Å². The topological polar surface area (TPSA) is 57.9 Å². The Labute approximate surface area is 90.0 Å². The molecule has 7 heteroatoms. The van der Waals surface area contributed by atoms with E-state index in [0.29, 0.717) is 6.07 Å². The molecular weight excluding hydrogens is 243 g/mol. The third-order valence-electron chi connectivity index (χ3n) is 1.78. The molecule has 0 aliphatic carbocycles. The molecule has 0 unspecified atom stereocenters. The van der Waals surface area contributed by atoms with E-state index in [1.807, 2.05) is 0 Å². The highest BCUT2D eigenvalue weighted by molar-refractivity contribution is 7.91. The van der Waals surface area contributed by atoms with E-state index in [-0.39, 0.29) is 0 Å². The Kier molecular flexibility index (Phi) is 3.24. The van der Waals surface area contributed by atoms with Gasteiger partial charge in [0, 0.05) is 0 Å². The number of halogens is 3. The summed E-state index contributed by atoms with van der Waals surface area (Å²) in [5.74, 6) is -0.839. The first-order valence-electron chi connectivity index (χ1n) is 4.04. The highest BCUT2D eigenvalue weighted by atomic mass is 32.2. The van der Waals surface area contributed by atoms with Crippen LogP contribution >= 0.6 is 0 Å². The Balaban J connectivity index is 3.25. The molecule has 1 aromatic carbocycles. The Morgan fingerprint density at radius 1 is 1.31 bits per heavy atom. The maximum atomic E-state index is 12.3. The third kappa shape index (κ3) is 2.73. The zero-order valence-electron chi connectivity index (χ0n) is 7.82. The molecule has 0 fully saturated rings. The first kappa shape index (κ1) is 12.5. The Morgan fingerprint density at radius 3 is 2.44 bits per heavy atom. The normalized spacial score (nSPS) is 12.1. The van der Waals surface area contributed by atoms with Crippen molar-refractivity contribution in [2.45, 2.75) is 11.1 Å². The molecule has 16 heavy (non-hydrogen) atoms. The van der Waals surface area contributed by atoms with Crippen LogP contribution in [-0.2, 0) is 16.0 Å². The molecule has 0 atom stereocenters. The number of hydrogen-bond acceptors (Lipinski definition) is 3. The van der Waals surface area contributed by atoms with Crippen molar-refractivity contribution in [2.75, 3.05) is 5.75 Å². The molecule has 0 aromatic heterocycles. The zero-order valence-corrected chi connectivity index (χ0v) is 8.64. The van der Waals surface area contributed by atoms with Gasteiger partial charge in [-0.1, -0.05) is 6.07 Å². The van der Waals surface area contributed by atoms with Crippen LogP contribution in [0.4, 0.5) is 13.2 Å². The second-order valence-corrected chi connectivity index (χ2v) is 4.93. The molecule has 0 bridgehead atoms. The van der Waals surface area contributed by atoms with E-state index in [9.17, 15) is 21.6 Å². The van der Waals surface area contributed by atoms with E-state index in [1.165, 1.54) is 6.07 Å². The van der Waals surface area contributed by atoms with Crippen molar-refractivity contribution in [2.24, 2.45) is 0 Å². The second-order valence-electron chi connectivity index (χ2n) is 2.94. The van der Waals surface area contributed by atoms with Crippen LogP contribution in [0.5, 0.6) is 0 Å². The van der Waals surface area contributed by atoms with E-state index in [4.69, 9.17) is 5.26 Å². The van der Waals surface area contributed by atoms with E-state index in [1.54, 1.807) is 0 Å². The number of benzene rings is 1. The summed E-state index contributed by atoms with van der Waals surface area (Å²) in [7, 11) is -3.95. The van der Waals surface area contributed by atoms with Crippen molar-refractivity contribution >= 4 is 9.84 Å². The van der Waals surface area contributed by atoms with Crippen molar-refractivity contribution in [1.82, 2.24) is 0 Å². The summed E-state index contributed by atoms with van der Waals surface area (Å²) in [5, 5.41) is 8.24. The van der Waals surface area contributed by atoms with Crippen LogP contribution in [0, 0.1) is 11.3 Å². The fourth-order valence-electron chi connectivity index (χ4n) is 1.03. The van der Waals surface area contributed by atoms with Crippen LogP contribution in [0.3, 0.4) is 0 Å². The molecule has 0 spiro atoms. The van der Waals surface area contributed by atoms with Crippen molar-refractivity contribution in [3.05, 3.63) is 29.8 Å². The monoisotopic (exact) mass is 249 g/mol. The average molecular weight is 249 g/mol. The maximum Gasteiger partial charge on any atom is 0.416 e. The van der Waals surface area contributed by atoms with Crippen LogP contribution in [-0.4, -0.2) is 14.2 Å². The molecule has 1 aromatic rings. The lowest BCUT2D eigenvalue weighted by Gasteiger charge is -2.07. The third-order valence-corrected chi connectivity index (χ3v) is 3.26. The van der Waals surface area contributed by atoms with Gasteiger partial charge in [-0.25, -0.2) is 8.42 Å². The Morgan fingerprint density at radius 2 is 1.94 bits per heavy atom. The summed E-state index contributed by atoms with van der Waals surface area (Å²) >= 11 is 0. The average Bonchev–Trinajstić information content (AvgIpc) is 2.16. The molecule has 3 nitrogen and oxygen atoms in total. The molecule has 0 amide bonds. The largest absolute Gasteiger partial charge is 0.416 e. The van der Waals surface area contributed by atoms with Crippen LogP contribution in [0.25, 0.3) is 0 Å². The molecule has 0 heterocycles. The Hall–Kier alpha value is -1.55. The minimum absolute atomic E-state index is 0.496. The quantitative estimate of drug-likeness (QED) is 0.805. The zero-order chi connectivity index (χ0) is 12.4.